The van der Waals surface area contributed by atoms with E-state index in [9.17, 15) is 8.42 Å². The molecule has 208 valence electrons. The number of methoxy groups -OCH3 is 1. The van der Waals surface area contributed by atoms with Crippen molar-refractivity contribution in [2.75, 3.05) is 20.2 Å². The Labute approximate surface area is 228 Å². The number of pyridine rings is 1. The third-order valence-corrected chi connectivity index (χ3v) is 7.54. The Bertz CT molecular complexity index is 1510. The van der Waals surface area contributed by atoms with Crippen molar-refractivity contribution in [1.29, 1.82) is 0 Å². The molecule has 0 radical (unpaired) electrons. The minimum absolute atomic E-state index is 0.0670. The van der Waals surface area contributed by atoms with Crippen LogP contribution >= 0.6 is 0 Å². The first-order valence-corrected chi connectivity index (χ1v) is 14.1. The molecule has 0 spiro atoms. The first kappa shape index (κ1) is 27.2. The summed E-state index contributed by atoms with van der Waals surface area (Å²) >= 11 is 0. The molecule has 1 fully saturated rings. The van der Waals surface area contributed by atoms with E-state index in [4.69, 9.17) is 9.15 Å². The average molecular weight is 555 g/mol. The normalized spacial score (nSPS) is 18.9. The van der Waals surface area contributed by atoms with Gasteiger partial charge in [-0.3, -0.25) is 14.9 Å². The van der Waals surface area contributed by atoms with Gasteiger partial charge in [-0.25, -0.2) is 18.1 Å². The lowest BCUT2D eigenvalue weighted by molar-refractivity contribution is 0.0102. The number of hydrogen-bond acceptors (Lipinski definition) is 10. The van der Waals surface area contributed by atoms with Crippen molar-refractivity contribution in [2.24, 2.45) is 0 Å². The van der Waals surface area contributed by atoms with Crippen LogP contribution in [-0.2, 0) is 24.0 Å². The number of fused-ring (bicyclic) bond motifs is 1. The van der Waals surface area contributed by atoms with Gasteiger partial charge >= 0.3 is 0 Å². The molecule has 4 aromatic rings. The molecule has 1 aliphatic rings. The van der Waals surface area contributed by atoms with Gasteiger partial charge in [-0.05, 0) is 51.5 Å². The summed E-state index contributed by atoms with van der Waals surface area (Å²) in [6.45, 7) is 11.5. The summed E-state index contributed by atoms with van der Waals surface area (Å²) in [5.74, 6) is 1.33. The van der Waals surface area contributed by atoms with Crippen LogP contribution in [0.5, 0.6) is 5.88 Å². The standard InChI is InChI=1S/C26H34N8O4S/c1-15(2)34-16(3)12-33(13-17(34)4)14-24-31-32-26(38-24)21-7-18(8-23-22(21)11-28-30-23)19-6-20(10-29-39(35)36)25(37-5)27-9-19/h6-9,11,15-17,39H,10,12-14H2,1-5H3,(H,28,30)(H,29,35,36)/t16-,17+. The minimum Gasteiger partial charge on any atom is -0.481 e. The number of aromatic amines is 1. The second kappa shape index (κ2) is 11.4. The van der Waals surface area contributed by atoms with Crippen molar-refractivity contribution in [3.8, 4) is 28.5 Å². The number of nitrogens with one attached hydrogen (secondary N) is 2. The fraction of sp³-hybridized carbons (Fsp3) is 0.462. The Morgan fingerprint density at radius 1 is 1.13 bits per heavy atom. The Hall–Kier alpha value is -3.39. The number of rotatable bonds is 9. The summed E-state index contributed by atoms with van der Waals surface area (Å²) in [5.41, 5.74) is 3.77. The van der Waals surface area contributed by atoms with E-state index in [0.29, 0.717) is 47.9 Å². The predicted octanol–water partition coefficient (Wildman–Crippen LogP) is 2.60. The van der Waals surface area contributed by atoms with Crippen molar-refractivity contribution in [3.63, 3.8) is 0 Å². The van der Waals surface area contributed by atoms with E-state index in [-0.39, 0.29) is 6.54 Å². The topological polar surface area (TPSA) is 142 Å². The smallest absolute Gasteiger partial charge is 0.248 e. The number of piperazine rings is 1. The lowest BCUT2D eigenvalue weighted by atomic mass is 10.0. The van der Waals surface area contributed by atoms with Crippen LogP contribution in [0.15, 0.2) is 35.0 Å². The fourth-order valence-corrected chi connectivity index (χ4v) is 6.02. The Morgan fingerprint density at radius 3 is 2.59 bits per heavy atom. The summed E-state index contributed by atoms with van der Waals surface area (Å²) in [7, 11) is -1.26. The van der Waals surface area contributed by atoms with Crippen LogP contribution in [0.2, 0.25) is 0 Å². The number of thiol groups is 1. The molecular weight excluding hydrogens is 520 g/mol. The first-order chi connectivity index (χ1) is 18.7. The first-order valence-electron chi connectivity index (χ1n) is 12.9. The summed E-state index contributed by atoms with van der Waals surface area (Å²) in [6.07, 6.45) is 3.42. The van der Waals surface area contributed by atoms with Crippen LogP contribution in [0, 0.1) is 0 Å². The van der Waals surface area contributed by atoms with E-state index >= 15 is 0 Å². The van der Waals surface area contributed by atoms with E-state index in [2.05, 4.69) is 67.6 Å². The maximum absolute atomic E-state index is 11.1. The maximum Gasteiger partial charge on any atom is 0.248 e. The van der Waals surface area contributed by atoms with Crippen molar-refractivity contribution < 1.29 is 17.6 Å². The average Bonchev–Trinajstić information content (AvgIpc) is 3.55. The molecule has 39 heavy (non-hydrogen) atoms. The number of hydrogen-bond donors (Lipinski definition) is 3. The highest BCUT2D eigenvalue weighted by Gasteiger charge is 2.31. The molecule has 0 bridgehead atoms. The van der Waals surface area contributed by atoms with E-state index in [0.717, 1.165) is 40.7 Å². The number of benzene rings is 1. The molecule has 12 nitrogen and oxygen atoms in total. The number of H-pyrrole nitrogens is 1. The van der Waals surface area contributed by atoms with Crippen LogP contribution in [0.25, 0.3) is 33.5 Å². The number of nitrogens with zero attached hydrogens (tertiary/aromatic N) is 6. The highest BCUT2D eigenvalue weighted by molar-refractivity contribution is 7.70. The zero-order valence-electron chi connectivity index (χ0n) is 22.7. The van der Waals surface area contributed by atoms with Crippen LogP contribution in [0.4, 0.5) is 0 Å². The summed E-state index contributed by atoms with van der Waals surface area (Å²) in [5, 5.41) is 16.8. The minimum atomic E-state index is -2.75. The molecule has 5 rings (SSSR count). The zero-order valence-corrected chi connectivity index (χ0v) is 23.6. The van der Waals surface area contributed by atoms with Crippen LogP contribution < -0.4 is 9.46 Å². The number of ether oxygens (including phenoxy) is 1. The van der Waals surface area contributed by atoms with E-state index in [1.165, 1.54) is 7.11 Å². The van der Waals surface area contributed by atoms with Crippen LogP contribution in [0.3, 0.4) is 0 Å². The predicted molar refractivity (Wildman–Crippen MR) is 147 cm³/mol. The second-order valence-corrected chi connectivity index (χ2v) is 11.1. The van der Waals surface area contributed by atoms with Crippen LogP contribution in [-0.4, -0.2) is 81.9 Å². The molecule has 1 aliphatic heterocycles. The lowest BCUT2D eigenvalue weighted by Crippen LogP contribution is -2.58. The Balaban J connectivity index is 1.43. The molecule has 0 saturated carbocycles. The van der Waals surface area contributed by atoms with E-state index < -0.39 is 10.9 Å². The monoisotopic (exact) mass is 554 g/mol. The largest absolute Gasteiger partial charge is 0.481 e. The van der Waals surface area contributed by atoms with Crippen molar-refractivity contribution in [1.82, 2.24) is 39.9 Å². The Kier molecular flexibility index (Phi) is 7.93. The van der Waals surface area contributed by atoms with Gasteiger partial charge in [-0.1, -0.05) is 0 Å². The van der Waals surface area contributed by atoms with Crippen molar-refractivity contribution in [3.05, 3.63) is 42.0 Å². The molecule has 1 aromatic carbocycles. The van der Waals surface area contributed by atoms with E-state index in [1.54, 1.807) is 12.4 Å². The Morgan fingerprint density at radius 2 is 1.90 bits per heavy atom. The third kappa shape index (κ3) is 5.81. The molecule has 0 amide bonds. The van der Waals surface area contributed by atoms with Gasteiger partial charge in [-0.2, -0.15) is 5.10 Å². The third-order valence-electron chi connectivity index (χ3n) is 7.12. The highest BCUT2D eigenvalue weighted by Crippen LogP contribution is 2.34. The van der Waals surface area contributed by atoms with Gasteiger partial charge in [0.05, 0.1) is 30.9 Å². The maximum atomic E-state index is 11.1. The van der Waals surface area contributed by atoms with Crippen molar-refractivity contribution >= 4 is 21.8 Å². The van der Waals surface area contributed by atoms with Crippen LogP contribution in [0.1, 0.15) is 39.1 Å². The highest BCUT2D eigenvalue weighted by atomic mass is 32.2. The molecular formula is C26H34N8O4S. The van der Waals surface area contributed by atoms with Gasteiger partial charge in [-0.15, -0.1) is 10.2 Å². The molecule has 3 aromatic heterocycles. The quantitative estimate of drug-likeness (QED) is 0.264. The summed E-state index contributed by atoms with van der Waals surface area (Å²) in [6, 6.07) is 7.12. The fourth-order valence-electron chi connectivity index (χ4n) is 5.72. The molecule has 0 aliphatic carbocycles. The van der Waals surface area contributed by atoms with E-state index in [1.807, 2.05) is 18.2 Å². The summed E-state index contributed by atoms with van der Waals surface area (Å²) in [4.78, 5) is 9.29. The summed E-state index contributed by atoms with van der Waals surface area (Å²) < 4.78 is 36.0. The zero-order chi connectivity index (χ0) is 27.7. The van der Waals surface area contributed by atoms with Gasteiger partial charge in [0.25, 0.3) is 0 Å². The number of aromatic nitrogens is 5. The van der Waals surface area contributed by atoms with Gasteiger partial charge in [0.2, 0.25) is 28.6 Å². The van der Waals surface area contributed by atoms with Crippen molar-refractivity contribution in [2.45, 2.75) is 58.9 Å². The second-order valence-electron chi connectivity index (χ2n) is 10.3. The molecule has 1 saturated heterocycles. The molecule has 2 atom stereocenters. The van der Waals surface area contributed by atoms with Gasteiger partial charge in [0, 0.05) is 60.5 Å². The van der Waals surface area contributed by atoms with Gasteiger partial charge in [0.15, 0.2) is 0 Å². The molecule has 4 heterocycles. The SMILES string of the molecule is COc1ncc(-c2cc(-c3nnc(CN4C[C@@H](C)N(C(C)C)[C@@H](C)C4)o3)c3cn[nH]c3c2)cc1CN[SH](=O)=O. The van der Waals surface area contributed by atoms with Gasteiger partial charge < -0.3 is 9.15 Å². The lowest BCUT2D eigenvalue weighted by Gasteiger charge is -2.46. The van der Waals surface area contributed by atoms with Gasteiger partial charge in [0.1, 0.15) is 0 Å². The molecule has 13 heteroatoms. The molecule has 2 N–H and O–H groups in total. The molecule has 0 unspecified atom stereocenters.